The summed E-state index contributed by atoms with van der Waals surface area (Å²) in [7, 11) is 0. The van der Waals surface area contributed by atoms with Gasteiger partial charge in [-0.2, -0.15) is 0 Å². The fourth-order valence-electron chi connectivity index (χ4n) is 2.23. The van der Waals surface area contributed by atoms with E-state index in [-0.39, 0.29) is 13.2 Å². The largest absolute Gasteiger partial charge is 0.490 e. The molecule has 1 aromatic heterocycles. The monoisotopic (exact) mass is 380 g/mol. The molecule has 0 bridgehead atoms. The zero-order valence-corrected chi connectivity index (χ0v) is 15.2. The Kier molecular flexibility index (Phi) is 5.29. The Balaban J connectivity index is 1.60. The highest BCUT2D eigenvalue weighted by Gasteiger charge is 2.18. The lowest BCUT2D eigenvalue weighted by Gasteiger charge is -2.07. The zero-order valence-electron chi connectivity index (χ0n) is 12.8. The predicted molar refractivity (Wildman–Crippen MR) is 98.8 cm³/mol. The summed E-state index contributed by atoms with van der Waals surface area (Å²) in [5.41, 5.74) is 1.11. The highest BCUT2D eigenvalue weighted by atomic mass is 35.5. The molecule has 3 nitrogen and oxygen atoms in total. The summed E-state index contributed by atoms with van der Waals surface area (Å²) in [4.78, 5) is 12.6. The summed E-state index contributed by atoms with van der Waals surface area (Å²) in [5.74, 6) is 0.297. The maximum absolute atomic E-state index is 12.2. The van der Waals surface area contributed by atoms with E-state index < -0.39 is 5.97 Å². The van der Waals surface area contributed by atoms with Gasteiger partial charge in [0.25, 0.3) is 0 Å². The number of esters is 1. The van der Waals surface area contributed by atoms with Crippen molar-refractivity contribution in [1.82, 2.24) is 0 Å². The van der Waals surface area contributed by atoms with Gasteiger partial charge >= 0.3 is 5.97 Å². The lowest BCUT2D eigenvalue weighted by molar-refractivity contribution is 0.0456. The molecule has 0 N–H and O–H groups in total. The third kappa shape index (κ3) is 3.83. The number of thiophene rings is 1. The molecule has 0 atom stereocenters. The van der Waals surface area contributed by atoms with Crippen LogP contribution in [-0.2, 0) is 4.74 Å². The first-order valence-electron chi connectivity index (χ1n) is 7.29. The van der Waals surface area contributed by atoms with Crippen LogP contribution in [0.25, 0.3) is 10.1 Å². The van der Waals surface area contributed by atoms with Crippen LogP contribution in [-0.4, -0.2) is 19.2 Å². The van der Waals surface area contributed by atoms with E-state index in [1.807, 2.05) is 31.2 Å². The Morgan fingerprint density at radius 2 is 1.96 bits per heavy atom. The SMILES string of the molecule is Cc1cccc(OCCOC(=O)c2sc3cc(Cl)ccc3c2Cl)c1. The van der Waals surface area contributed by atoms with Crippen molar-refractivity contribution in [3.63, 3.8) is 0 Å². The molecule has 0 saturated carbocycles. The van der Waals surface area contributed by atoms with Crippen LogP contribution in [0.3, 0.4) is 0 Å². The van der Waals surface area contributed by atoms with E-state index >= 15 is 0 Å². The summed E-state index contributed by atoms with van der Waals surface area (Å²) < 4.78 is 11.7. The topological polar surface area (TPSA) is 35.5 Å². The summed E-state index contributed by atoms with van der Waals surface area (Å²) in [6, 6.07) is 13.0. The van der Waals surface area contributed by atoms with Gasteiger partial charge in [0.15, 0.2) is 0 Å². The van der Waals surface area contributed by atoms with Crippen molar-refractivity contribution in [1.29, 1.82) is 0 Å². The van der Waals surface area contributed by atoms with Crippen molar-refractivity contribution in [3.8, 4) is 5.75 Å². The van der Waals surface area contributed by atoms with E-state index in [1.165, 1.54) is 11.3 Å². The molecule has 0 aliphatic rings. The van der Waals surface area contributed by atoms with Gasteiger partial charge in [-0.05, 0) is 36.8 Å². The summed E-state index contributed by atoms with van der Waals surface area (Å²) in [6.07, 6.45) is 0. The minimum absolute atomic E-state index is 0.151. The number of carbonyl (C=O) groups excluding carboxylic acids is 1. The lowest BCUT2D eigenvalue weighted by atomic mass is 10.2. The van der Waals surface area contributed by atoms with E-state index in [1.54, 1.807) is 18.2 Å². The van der Waals surface area contributed by atoms with Gasteiger partial charge < -0.3 is 9.47 Å². The highest BCUT2D eigenvalue weighted by Crippen LogP contribution is 2.37. The fourth-order valence-corrected chi connectivity index (χ4v) is 3.91. The van der Waals surface area contributed by atoms with Gasteiger partial charge in [0.2, 0.25) is 0 Å². The molecule has 0 aliphatic heterocycles. The molecule has 0 amide bonds. The van der Waals surface area contributed by atoms with Gasteiger partial charge in [0.05, 0.1) is 5.02 Å². The second-order valence-corrected chi connectivity index (χ2v) is 7.05. The van der Waals surface area contributed by atoms with Gasteiger partial charge in [-0.15, -0.1) is 11.3 Å². The minimum atomic E-state index is -0.454. The Labute approximate surface area is 153 Å². The van der Waals surface area contributed by atoms with Gasteiger partial charge in [-0.3, -0.25) is 0 Å². The number of halogens is 2. The highest BCUT2D eigenvalue weighted by molar-refractivity contribution is 7.21. The molecular weight excluding hydrogens is 367 g/mol. The molecule has 0 fully saturated rings. The minimum Gasteiger partial charge on any atom is -0.490 e. The average molecular weight is 381 g/mol. The van der Waals surface area contributed by atoms with Crippen molar-refractivity contribution < 1.29 is 14.3 Å². The second-order valence-electron chi connectivity index (χ2n) is 5.19. The van der Waals surface area contributed by atoms with E-state index in [4.69, 9.17) is 32.7 Å². The van der Waals surface area contributed by atoms with Crippen molar-refractivity contribution in [3.05, 3.63) is 63.0 Å². The molecule has 124 valence electrons. The van der Waals surface area contributed by atoms with E-state index in [9.17, 15) is 4.79 Å². The number of hydrogen-bond acceptors (Lipinski definition) is 4. The number of ether oxygens (including phenoxy) is 2. The molecule has 0 aliphatic carbocycles. The standard InChI is InChI=1S/C18H14Cl2O3S/c1-11-3-2-4-13(9-11)22-7-8-23-18(21)17-16(20)14-6-5-12(19)10-15(14)24-17/h2-6,9-10H,7-8H2,1H3. The number of hydrogen-bond donors (Lipinski definition) is 0. The van der Waals surface area contributed by atoms with Gasteiger partial charge in [-0.1, -0.05) is 41.4 Å². The molecule has 0 spiro atoms. The van der Waals surface area contributed by atoms with Crippen molar-refractivity contribution in [2.45, 2.75) is 6.92 Å². The fraction of sp³-hybridized carbons (Fsp3) is 0.167. The number of aryl methyl sites for hydroxylation is 1. The molecule has 6 heteroatoms. The molecule has 0 saturated heterocycles. The van der Waals surface area contributed by atoms with Gasteiger partial charge in [0.1, 0.15) is 23.8 Å². The lowest BCUT2D eigenvalue weighted by Crippen LogP contribution is -2.11. The molecule has 1 heterocycles. The number of benzene rings is 2. The maximum Gasteiger partial charge on any atom is 0.350 e. The quantitative estimate of drug-likeness (QED) is 0.417. The second kappa shape index (κ2) is 7.43. The van der Waals surface area contributed by atoms with Crippen LogP contribution in [0.2, 0.25) is 10.0 Å². The first-order valence-corrected chi connectivity index (χ1v) is 8.86. The zero-order chi connectivity index (χ0) is 17.1. The molecule has 24 heavy (non-hydrogen) atoms. The third-order valence-electron chi connectivity index (χ3n) is 3.35. The molecule has 0 radical (unpaired) electrons. The average Bonchev–Trinajstić information content (AvgIpc) is 2.88. The number of fused-ring (bicyclic) bond motifs is 1. The van der Waals surface area contributed by atoms with E-state index in [0.29, 0.717) is 14.9 Å². The number of rotatable bonds is 5. The van der Waals surface area contributed by atoms with E-state index in [0.717, 1.165) is 21.4 Å². The Bertz CT molecular complexity index is 889. The third-order valence-corrected chi connectivity index (χ3v) is 5.22. The predicted octanol–water partition coefficient (Wildman–Crippen LogP) is 5.75. The molecule has 3 aromatic rings. The first-order chi connectivity index (χ1) is 11.5. The van der Waals surface area contributed by atoms with Crippen molar-refractivity contribution in [2.75, 3.05) is 13.2 Å². The molecular formula is C18H14Cl2O3S. The van der Waals surface area contributed by atoms with Crippen molar-refractivity contribution >= 4 is 50.6 Å². The van der Waals surface area contributed by atoms with Crippen molar-refractivity contribution in [2.24, 2.45) is 0 Å². The van der Waals surface area contributed by atoms with E-state index in [2.05, 4.69) is 0 Å². The Hall–Kier alpha value is -1.75. The van der Waals surface area contributed by atoms with Crippen LogP contribution >= 0.6 is 34.5 Å². The Morgan fingerprint density at radius 1 is 1.12 bits per heavy atom. The number of carbonyl (C=O) groups is 1. The molecule has 2 aromatic carbocycles. The summed E-state index contributed by atoms with van der Waals surface area (Å²) >= 11 is 13.5. The normalized spacial score (nSPS) is 10.8. The van der Waals surface area contributed by atoms with Crippen LogP contribution in [0.1, 0.15) is 15.2 Å². The van der Waals surface area contributed by atoms with Crippen LogP contribution < -0.4 is 4.74 Å². The first kappa shape index (κ1) is 17.1. The van der Waals surface area contributed by atoms with Gasteiger partial charge in [-0.25, -0.2) is 4.79 Å². The molecule has 0 unspecified atom stereocenters. The van der Waals surface area contributed by atoms with Crippen LogP contribution in [0.4, 0.5) is 0 Å². The van der Waals surface area contributed by atoms with Gasteiger partial charge in [0, 0.05) is 15.1 Å². The van der Waals surface area contributed by atoms with Crippen LogP contribution in [0, 0.1) is 6.92 Å². The Morgan fingerprint density at radius 3 is 2.75 bits per heavy atom. The molecule has 3 rings (SSSR count). The maximum atomic E-state index is 12.2. The smallest absolute Gasteiger partial charge is 0.350 e. The van der Waals surface area contributed by atoms with Crippen LogP contribution in [0.15, 0.2) is 42.5 Å². The summed E-state index contributed by atoms with van der Waals surface area (Å²) in [6.45, 7) is 2.42. The summed E-state index contributed by atoms with van der Waals surface area (Å²) in [5, 5.41) is 1.80. The van der Waals surface area contributed by atoms with Crippen LogP contribution in [0.5, 0.6) is 5.75 Å².